The van der Waals surface area contributed by atoms with Crippen molar-refractivity contribution in [1.82, 2.24) is 30.7 Å². The molecule has 3 aromatic rings. The molecular weight excluding hydrogens is 861 g/mol. The van der Waals surface area contributed by atoms with Crippen LogP contribution in [0.4, 0.5) is 0 Å². The number of phenols is 3. The zero-order valence-electron chi connectivity index (χ0n) is 39.6. The van der Waals surface area contributed by atoms with Crippen molar-refractivity contribution in [2.75, 3.05) is 27.7 Å². The average Bonchev–Trinajstić information content (AvgIpc) is 3.80. The van der Waals surface area contributed by atoms with E-state index >= 15 is 0 Å². The van der Waals surface area contributed by atoms with E-state index in [0.29, 0.717) is 29.5 Å². The molecule has 3 aromatic carbocycles. The number of carboxylic acid groups (broad SMARTS) is 1. The Kier molecular flexibility index (Phi) is 20.4. The monoisotopic (exact) mass is 931 g/mol. The van der Waals surface area contributed by atoms with Crippen LogP contribution in [0, 0.1) is 5.92 Å². The SMILES string of the molecule is CCCCCCCC(NC)C(O)C(=O)N[C@@H](Cc1ccc(O)cc1)C(=O)N(C)[C@H](C(=O)N(C)[C@@H](Cc1ccc(O)cc1)C(=O)N1CCC[C@H]1C(=O)N[C@@H](Cc1ccc(O)cc1)C(=O)O)C(C)C. The molecule has 0 aliphatic carbocycles. The summed E-state index contributed by atoms with van der Waals surface area (Å²) in [6.45, 7) is 5.74. The fourth-order valence-corrected chi connectivity index (χ4v) is 8.65. The zero-order chi connectivity index (χ0) is 49.4. The van der Waals surface area contributed by atoms with Crippen molar-refractivity contribution in [2.45, 2.75) is 134 Å². The largest absolute Gasteiger partial charge is 0.508 e. The van der Waals surface area contributed by atoms with Crippen LogP contribution in [0.3, 0.4) is 0 Å². The number of likely N-dealkylation sites (N-methyl/N-ethyl adjacent to an activating group) is 3. The number of aliphatic hydroxyl groups excluding tert-OH is 1. The lowest BCUT2D eigenvalue weighted by molar-refractivity contribution is -0.153. The van der Waals surface area contributed by atoms with E-state index in [1.807, 2.05) is 0 Å². The molecule has 8 N–H and O–H groups in total. The van der Waals surface area contributed by atoms with Gasteiger partial charge in [0.25, 0.3) is 5.91 Å². The molecule has 1 aliphatic rings. The van der Waals surface area contributed by atoms with Crippen molar-refractivity contribution in [1.29, 1.82) is 0 Å². The van der Waals surface area contributed by atoms with Gasteiger partial charge in [0.1, 0.15) is 53.6 Å². The molecule has 4 rings (SSSR count). The number of nitrogens with zero attached hydrogens (tertiary/aromatic N) is 3. The van der Waals surface area contributed by atoms with Gasteiger partial charge in [0, 0.05) is 45.9 Å². The second kappa shape index (κ2) is 25.6. The smallest absolute Gasteiger partial charge is 0.326 e. The number of aliphatic carboxylic acids is 1. The minimum absolute atomic E-state index is 0.000128. The van der Waals surface area contributed by atoms with Gasteiger partial charge in [-0.3, -0.25) is 24.0 Å². The first-order valence-electron chi connectivity index (χ1n) is 23.2. The van der Waals surface area contributed by atoms with Crippen molar-refractivity contribution >= 4 is 35.5 Å². The number of hydrogen-bond acceptors (Lipinski definition) is 11. The van der Waals surface area contributed by atoms with Gasteiger partial charge in [-0.2, -0.15) is 0 Å². The maximum Gasteiger partial charge on any atom is 0.326 e. The number of carboxylic acids is 1. The highest BCUT2D eigenvalue weighted by molar-refractivity contribution is 5.97. The molecule has 0 spiro atoms. The number of rotatable bonds is 25. The van der Waals surface area contributed by atoms with Crippen LogP contribution >= 0.6 is 0 Å². The second-order valence-corrected chi connectivity index (χ2v) is 17.9. The van der Waals surface area contributed by atoms with E-state index in [4.69, 9.17) is 0 Å². The number of unbranched alkanes of at least 4 members (excludes halogenated alkanes) is 4. The molecule has 1 heterocycles. The maximum atomic E-state index is 14.9. The molecule has 366 valence electrons. The van der Waals surface area contributed by atoms with Gasteiger partial charge in [0.15, 0.2) is 0 Å². The summed E-state index contributed by atoms with van der Waals surface area (Å²) in [5.74, 6) is -5.14. The van der Waals surface area contributed by atoms with Gasteiger partial charge >= 0.3 is 5.97 Å². The lowest BCUT2D eigenvalue weighted by Gasteiger charge is -2.39. The number of aliphatic hydroxyl groups is 1. The first-order chi connectivity index (χ1) is 31.9. The fraction of sp³-hybridized carbons (Fsp3) is 0.520. The molecule has 1 saturated heterocycles. The molecule has 0 bridgehead atoms. The Labute approximate surface area is 393 Å². The van der Waals surface area contributed by atoms with Crippen LogP contribution in [0.25, 0.3) is 0 Å². The van der Waals surface area contributed by atoms with Crippen molar-refractivity contribution in [2.24, 2.45) is 5.92 Å². The van der Waals surface area contributed by atoms with E-state index in [9.17, 15) is 54.3 Å². The third-order valence-corrected chi connectivity index (χ3v) is 12.6. The Morgan fingerprint density at radius 3 is 1.70 bits per heavy atom. The first-order valence-corrected chi connectivity index (χ1v) is 23.2. The average molecular weight is 931 g/mol. The predicted molar refractivity (Wildman–Crippen MR) is 252 cm³/mol. The molecule has 0 aromatic heterocycles. The zero-order valence-corrected chi connectivity index (χ0v) is 39.6. The third kappa shape index (κ3) is 15.2. The van der Waals surface area contributed by atoms with E-state index in [1.165, 1.54) is 65.2 Å². The van der Waals surface area contributed by atoms with Crippen molar-refractivity contribution in [3.8, 4) is 17.2 Å². The Morgan fingerprint density at radius 1 is 0.701 bits per heavy atom. The number of amides is 5. The van der Waals surface area contributed by atoms with Crippen molar-refractivity contribution < 1.29 is 54.3 Å². The van der Waals surface area contributed by atoms with Gasteiger partial charge in [-0.25, -0.2) is 4.79 Å². The quantitative estimate of drug-likeness (QED) is 0.0569. The lowest BCUT2D eigenvalue weighted by Crippen LogP contribution is -2.61. The summed E-state index contributed by atoms with van der Waals surface area (Å²) in [7, 11) is 4.53. The summed E-state index contributed by atoms with van der Waals surface area (Å²) >= 11 is 0. The lowest BCUT2D eigenvalue weighted by atomic mass is 9.96. The summed E-state index contributed by atoms with van der Waals surface area (Å²) in [6, 6.07) is 11.5. The van der Waals surface area contributed by atoms with Crippen LogP contribution in [0.2, 0.25) is 0 Å². The van der Waals surface area contributed by atoms with E-state index < -0.39 is 83.8 Å². The maximum absolute atomic E-state index is 14.9. The number of aromatic hydroxyl groups is 3. The van der Waals surface area contributed by atoms with Crippen LogP contribution in [-0.4, -0.2) is 146 Å². The molecule has 0 radical (unpaired) electrons. The highest BCUT2D eigenvalue weighted by Gasteiger charge is 2.43. The van der Waals surface area contributed by atoms with Crippen LogP contribution < -0.4 is 16.0 Å². The van der Waals surface area contributed by atoms with E-state index in [0.717, 1.165) is 32.1 Å². The first kappa shape index (κ1) is 53.4. The molecule has 0 saturated carbocycles. The number of carbonyl (C=O) groups is 6. The summed E-state index contributed by atoms with van der Waals surface area (Å²) in [5, 5.41) is 59.3. The fourth-order valence-electron chi connectivity index (χ4n) is 8.65. The minimum atomic E-state index is -1.50. The van der Waals surface area contributed by atoms with Gasteiger partial charge in [-0.05, 0) is 85.3 Å². The van der Waals surface area contributed by atoms with Crippen molar-refractivity contribution in [3.05, 3.63) is 89.5 Å². The molecule has 1 fully saturated rings. The van der Waals surface area contributed by atoms with Gasteiger partial charge in [-0.1, -0.05) is 89.3 Å². The predicted octanol–water partition coefficient (Wildman–Crippen LogP) is 3.50. The summed E-state index contributed by atoms with van der Waals surface area (Å²) in [5.41, 5.74) is 1.72. The van der Waals surface area contributed by atoms with Crippen LogP contribution in [0.5, 0.6) is 17.2 Å². The molecule has 2 unspecified atom stereocenters. The molecule has 1 aliphatic heterocycles. The number of hydrogen-bond donors (Lipinski definition) is 8. The van der Waals surface area contributed by atoms with E-state index in [2.05, 4.69) is 22.9 Å². The minimum Gasteiger partial charge on any atom is -0.508 e. The van der Waals surface area contributed by atoms with Gasteiger partial charge < -0.3 is 56.2 Å². The molecule has 5 amide bonds. The number of phenolic OH excluding ortho intramolecular Hbond substituents is 3. The molecular formula is C50H70N6O11. The van der Waals surface area contributed by atoms with Gasteiger partial charge in [-0.15, -0.1) is 0 Å². The normalized spacial score (nSPS) is 16.3. The summed E-state index contributed by atoms with van der Waals surface area (Å²) in [4.78, 5) is 88.1. The number of carbonyl (C=O) groups excluding carboxylic acids is 5. The molecule has 17 heteroatoms. The Morgan fingerprint density at radius 2 is 1.21 bits per heavy atom. The molecule has 67 heavy (non-hydrogen) atoms. The summed E-state index contributed by atoms with van der Waals surface area (Å²) < 4.78 is 0. The highest BCUT2D eigenvalue weighted by atomic mass is 16.4. The third-order valence-electron chi connectivity index (χ3n) is 12.6. The second-order valence-electron chi connectivity index (χ2n) is 17.9. The van der Waals surface area contributed by atoms with Crippen LogP contribution in [-0.2, 0) is 48.0 Å². The number of benzene rings is 3. The Bertz CT molecular complexity index is 2100. The Balaban J connectivity index is 1.62. The standard InChI is InChI=1S/C50H70N6O11/c1-7-8-9-10-11-13-38(51-4)44(60)46(62)52-39(28-32-15-21-35(57)22-16-32)47(63)55(6)43(31(2)3)49(65)54(5)42(30-34-19-25-37(59)26-20-34)48(64)56-27-12-14-41(56)45(61)53-40(50(66)67)29-33-17-23-36(58)24-18-33/h15-26,31,38-44,51,57-60H,7-14,27-30H2,1-6H3,(H,52,62)(H,53,61)(H,66,67)/t38?,39-,40-,41-,42-,43-,44?/m0/s1. The van der Waals surface area contributed by atoms with Crippen LogP contribution in [0.1, 0.15) is 88.8 Å². The van der Waals surface area contributed by atoms with Crippen molar-refractivity contribution in [3.63, 3.8) is 0 Å². The van der Waals surface area contributed by atoms with Crippen LogP contribution in [0.15, 0.2) is 72.8 Å². The number of likely N-dealkylation sites (tertiary alicyclic amines) is 1. The Hall–Kier alpha value is -6.20. The summed E-state index contributed by atoms with van der Waals surface area (Å²) in [6.07, 6.45) is 4.44. The van der Waals surface area contributed by atoms with E-state index in [1.54, 1.807) is 57.3 Å². The topological polar surface area (TPSA) is 249 Å². The highest BCUT2D eigenvalue weighted by Crippen LogP contribution is 2.25. The van der Waals surface area contributed by atoms with Gasteiger partial charge in [0.05, 0.1) is 0 Å². The molecule has 7 atom stereocenters. The van der Waals surface area contributed by atoms with Gasteiger partial charge in [0.2, 0.25) is 23.6 Å². The van der Waals surface area contributed by atoms with E-state index in [-0.39, 0.29) is 49.5 Å². The number of nitrogens with one attached hydrogen (secondary N) is 3. The molecule has 17 nitrogen and oxygen atoms in total.